The molecule has 19 heavy (non-hydrogen) atoms. The van der Waals surface area contributed by atoms with E-state index in [0.29, 0.717) is 15.6 Å². The van der Waals surface area contributed by atoms with E-state index in [0.717, 1.165) is 16.5 Å². The van der Waals surface area contributed by atoms with Gasteiger partial charge in [0.2, 0.25) is 5.78 Å². The normalized spacial score (nSPS) is 10.8. The van der Waals surface area contributed by atoms with Gasteiger partial charge < -0.3 is 0 Å². The van der Waals surface area contributed by atoms with Crippen LogP contribution in [0, 0.1) is 6.92 Å². The molecule has 3 aromatic rings. The number of pyridine rings is 1. The highest BCUT2D eigenvalue weighted by Gasteiger charge is 2.16. The zero-order chi connectivity index (χ0) is 13.4. The summed E-state index contributed by atoms with van der Waals surface area (Å²) in [6.45, 7) is 1.98. The van der Waals surface area contributed by atoms with E-state index in [1.807, 2.05) is 42.6 Å². The summed E-state index contributed by atoms with van der Waals surface area (Å²) in [5.41, 5.74) is 2.32. The third-order valence-electron chi connectivity index (χ3n) is 2.98. The van der Waals surface area contributed by atoms with Crippen LogP contribution in [0.15, 0.2) is 41.8 Å². The van der Waals surface area contributed by atoms with E-state index in [1.54, 1.807) is 6.07 Å². The van der Waals surface area contributed by atoms with Crippen LogP contribution in [0.1, 0.15) is 20.9 Å². The van der Waals surface area contributed by atoms with E-state index in [1.165, 1.54) is 11.3 Å². The summed E-state index contributed by atoms with van der Waals surface area (Å²) in [5.74, 6) is -0.117. The van der Waals surface area contributed by atoms with E-state index in [-0.39, 0.29) is 5.78 Å². The second kappa shape index (κ2) is 4.76. The molecule has 0 aliphatic carbocycles. The highest BCUT2D eigenvalue weighted by Crippen LogP contribution is 2.26. The first-order valence-electron chi connectivity index (χ1n) is 5.81. The number of halogens is 1. The van der Waals surface area contributed by atoms with Gasteiger partial charge in [-0.1, -0.05) is 29.8 Å². The van der Waals surface area contributed by atoms with Gasteiger partial charge in [-0.3, -0.25) is 4.79 Å². The molecule has 0 amide bonds. The lowest BCUT2D eigenvalue weighted by Crippen LogP contribution is -2.03. The quantitative estimate of drug-likeness (QED) is 0.650. The van der Waals surface area contributed by atoms with Crippen molar-refractivity contribution < 1.29 is 4.79 Å². The van der Waals surface area contributed by atoms with Gasteiger partial charge >= 0.3 is 0 Å². The molecule has 2 nitrogen and oxygen atoms in total. The second-order valence-electron chi connectivity index (χ2n) is 4.27. The first kappa shape index (κ1) is 12.3. The molecule has 0 spiro atoms. The molecule has 2 heterocycles. The molecule has 0 saturated heterocycles. The molecule has 94 valence electrons. The number of carbonyl (C=O) groups is 1. The van der Waals surface area contributed by atoms with Crippen molar-refractivity contribution in [2.75, 3.05) is 0 Å². The number of aryl methyl sites for hydroxylation is 1. The predicted molar refractivity (Wildman–Crippen MR) is 79.2 cm³/mol. The van der Waals surface area contributed by atoms with Gasteiger partial charge in [-0.15, -0.1) is 11.3 Å². The molecule has 0 saturated carbocycles. The van der Waals surface area contributed by atoms with E-state index in [2.05, 4.69) is 4.98 Å². The molecule has 1 aromatic carbocycles. The van der Waals surface area contributed by atoms with Gasteiger partial charge in [0.25, 0.3) is 0 Å². The second-order valence-corrected chi connectivity index (χ2v) is 5.59. The monoisotopic (exact) mass is 287 g/mol. The minimum atomic E-state index is -0.117. The number of thiophene rings is 1. The fourth-order valence-corrected chi connectivity index (χ4v) is 3.13. The Kier molecular flexibility index (Phi) is 3.09. The Balaban J connectivity index is 2.16. The standard InChI is InChI=1S/C15H10ClNOS/c1-9-8-13(14(18)15-11(16)6-7-19-15)17-12-5-3-2-4-10(9)12/h2-8H,1H3. The average molecular weight is 288 g/mol. The Morgan fingerprint density at radius 1 is 1.26 bits per heavy atom. The number of hydrogen-bond donors (Lipinski definition) is 0. The van der Waals surface area contributed by atoms with Gasteiger partial charge in [0.1, 0.15) is 5.69 Å². The summed E-state index contributed by atoms with van der Waals surface area (Å²) in [6.07, 6.45) is 0. The van der Waals surface area contributed by atoms with E-state index in [9.17, 15) is 4.79 Å². The Hall–Kier alpha value is -1.71. The lowest BCUT2D eigenvalue weighted by Gasteiger charge is -2.05. The molecule has 0 atom stereocenters. The van der Waals surface area contributed by atoms with Gasteiger partial charge in [0.05, 0.1) is 15.4 Å². The minimum absolute atomic E-state index is 0.117. The molecule has 0 N–H and O–H groups in total. The first-order chi connectivity index (χ1) is 9.16. The van der Waals surface area contributed by atoms with Crippen molar-refractivity contribution in [3.8, 4) is 0 Å². The summed E-state index contributed by atoms with van der Waals surface area (Å²) in [6, 6.07) is 11.4. The third kappa shape index (κ3) is 2.15. The van der Waals surface area contributed by atoms with Crippen LogP contribution in [0.2, 0.25) is 5.02 Å². The van der Waals surface area contributed by atoms with Crippen molar-refractivity contribution in [3.63, 3.8) is 0 Å². The molecule has 0 unspecified atom stereocenters. The topological polar surface area (TPSA) is 30.0 Å². The van der Waals surface area contributed by atoms with Crippen molar-refractivity contribution >= 4 is 39.6 Å². The van der Waals surface area contributed by atoms with E-state index < -0.39 is 0 Å². The summed E-state index contributed by atoms with van der Waals surface area (Å²) >= 11 is 7.35. The molecule has 0 aliphatic heterocycles. The average Bonchev–Trinajstić information content (AvgIpc) is 2.84. The third-order valence-corrected chi connectivity index (χ3v) is 4.32. The number of hydrogen-bond acceptors (Lipinski definition) is 3. The Bertz CT molecular complexity index is 779. The lowest BCUT2D eigenvalue weighted by atomic mass is 10.1. The van der Waals surface area contributed by atoms with Gasteiger partial charge in [0.15, 0.2) is 0 Å². The Labute approximate surface area is 119 Å². The fraction of sp³-hybridized carbons (Fsp3) is 0.0667. The molecule has 4 heteroatoms. The molecular weight excluding hydrogens is 278 g/mol. The van der Waals surface area contributed by atoms with Gasteiger partial charge in [-0.05, 0) is 36.1 Å². The van der Waals surface area contributed by atoms with Crippen LogP contribution in [-0.4, -0.2) is 10.8 Å². The van der Waals surface area contributed by atoms with Crippen LogP contribution in [0.5, 0.6) is 0 Å². The predicted octanol–water partition coefficient (Wildman–Crippen LogP) is 4.49. The number of fused-ring (bicyclic) bond motifs is 1. The summed E-state index contributed by atoms with van der Waals surface area (Å²) < 4.78 is 0. The minimum Gasteiger partial charge on any atom is -0.286 e. The molecule has 0 fully saturated rings. The van der Waals surface area contributed by atoms with Crippen LogP contribution in [-0.2, 0) is 0 Å². The Morgan fingerprint density at radius 3 is 2.79 bits per heavy atom. The molecule has 3 rings (SSSR count). The maximum absolute atomic E-state index is 12.4. The van der Waals surface area contributed by atoms with Crippen molar-refractivity contribution in [1.29, 1.82) is 0 Å². The van der Waals surface area contributed by atoms with Crippen molar-refractivity contribution in [2.45, 2.75) is 6.92 Å². The van der Waals surface area contributed by atoms with Gasteiger partial charge in [-0.2, -0.15) is 0 Å². The highest BCUT2D eigenvalue weighted by atomic mass is 35.5. The SMILES string of the molecule is Cc1cc(C(=O)c2sccc2Cl)nc2ccccc12. The zero-order valence-corrected chi connectivity index (χ0v) is 11.8. The summed E-state index contributed by atoms with van der Waals surface area (Å²) in [4.78, 5) is 17.4. The fourth-order valence-electron chi connectivity index (χ4n) is 2.04. The van der Waals surface area contributed by atoms with Crippen LogP contribution in [0.3, 0.4) is 0 Å². The van der Waals surface area contributed by atoms with Crippen LogP contribution >= 0.6 is 22.9 Å². The summed E-state index contributed by atoms with van der Waals surface area (Å²) in [7, 11) is 0. The number of carbonyl (C=O) groups excluding carboxylic acids is 1. The zero-order valence-electron chi connectivity index (χ0n) is 10.2. The molecule has 0 radical (unpaired) electrons. The molecule has 0 bridgehead atoms. The molecule has 2 aromatic heterocycles. The van der Waals surface area contributed by atoms with E-state index in [4.69, 9.17) is 11.6 Å². The van der Waals surface area contributed by atoms with Crippen molar-refractivity contribution in [3.05, 3.63) is 62.9 Å². The van der Waals surface area contributed by atoms with Crippen LogP contribution in [0.25, 0.3) is 10.9 Å². The van der Waals surface area contributed by atoms with E-state index >= 15 is 0 Å². The number of aromatic nitrogens is 1. The highest BCUT2D eigenvalue weighted by molar-refractivity contribution is 7.13. The number of para-hydroxylation sites is 1. The largest absolute Gasteiger partial charge is 0.286 e. The van der Waals surface area contributed by atoms with Crippen molar-refractivity contribution in [1.82, 2.24) is 4.98 Å². The van der Waals surface area contributed by atoms with Crippen LogP contribution in [0.4, 0.5) is 0 Å². The smallest absolute Gasteiger partial charge is 0.222 e. The maximum atomic E-state index is 12.4. The first-order valence-corrected chi connectivity index (χ1v) is 7.06. The van der Waals surface area contributed by atoms with Gasteiger partial charge in [0, 0.05) is 5.39 Å². The number of benzene rings is 1. The van der Waals surface area contributed by atoms with Gasteiger partial charge in [-0.25, -0.2) is 4.98 Å². The summed E-state index contributed by atoms with van der Waals surface area (Å²) in [5, 5.41) is 3.36. The lowest BCUT2D eigenvalue weighted by molar-refractivity contribution is 0.103. The number of ketones is 1. The molecule has 0 aliphatic rings. The number of rotatable bonds is 2. The van der Waals surface area contributed by atoms with Crippen LogP contribution < -0.4 is 0 Å². The maximum Gasteiger partial charge on any atom is 0.222 e. The molecular formula is C15H10ClNOS. The van der Waals surface area contributed by atoms with Crippen molar-refractivity contribution in [2.24, 2.45) is 0 Å². The Morgan fingerprint density at radius 2 is 2.05 bits per heavy atom. The number of nitrogens with zero attached hydrogens (tertiary/aromatic N) is 1.